The molecule has 1 fully saturated rings. The molecule has 32 heavy (non-hydrogen) atoms. The maximum atomic E-state index is 15.1. The minimum Gasteiger partial charge on any atom is -0.503 e. The van der Waals surface area contributed by atoms with E-state index >= 15 is 4.39 Å². The van der Waals surface area contributed by atoms with E-state index in [0.29, 0.717) is 0 Å². The number of fused-ring (bicyclic) bond motifs is 1. The van der Waals surface area contributed by atoms with Gasteiger partial charge < -0.3 is 9.84 Å². The highest BCUT2D eigenvalue weighted by molar-refractivity contribution is 6.42. The average Bonchev–Trinajstić information content (AvgIpc) is 3.01. The summed E-state index contributed by atoms with van der Waals surface area (Å²) in [6, 6.07) is 5.08. The minimum absolute atomic E-state index is 0.121. The van der Waals surface area contributed by atoms with Gasteiger partial charge in [0.2, 0.25) is 0 Å². The Balaban J connectivity index is 1.91. The maximum Gasteiger partial charge on any atom is 0.313 e. The van der Waals surface area contributed by atoms with Crippen LogP contribution in [0.25, 0.3) is 10.9 Å². The number of ether oxygens (including phenoxy) is 1. The van der Waals surface area contributed by atoms with Gasteiger partial charge in [0.1, 0.15) is 6.10 Å². The molecule has 0 spiro atoms. The number of halogens is 4. The molecule has 9 heteroatoms. The van der Waals surface area contributed by atoms with Gasteiger partial charge in [-0.05, 0) is 56.9 Å². The van der Waals surface area contributed by atoms with Crippen LogP contribution >= 0.6 is 23.2 Å². The number of aromatic hydroxyl groups is 1. The van der Waals surface area contributed by atoms with Crippen molar-refractivity contribution in [2.45, 2.75) is 45.1 Å². The summed E-state index contributed by atoms with van der Waals surface area (Å²) < 4.78 is 35.9. The van der Waals surface area contributed by atoms with Crippen LogP contribution < -0.4 is 0 Å². The molecule has 1 atom stereocenters. The van der Waals surface area contributed by atoms with Crippen LogP contribution in [0.1, 0.15) is 53.7 Å². The lowest BCUT2D eigenvalue weighted by molar-refractivity contribution is -0.154. The summed E-state index contributed by atoms with van der Waals surface area (Å²) in [7, 11) is 0. The van der Waals surface area contributed by atoms with Crippen molar-refractivity contribution in [3.05, 3.63) is 62.8 Å². The Morgan fingerprint density at radius 2 is 1.88 bits per heavy atom. The highest BCUT2D eigenvalue weighted by Crippen LogP contribution is 2.39. The largest absolute Gasteiger partial charge is 0.503 e. The Morgan fingerprint density at radius 3 is 2.47 bits per heavy atom. The van der Waals surface area contributed by atoms with Gasteiger partial charge in [0.25, 0.3) is 5.91 Å². The first kappa shape index (κ1) is 22.6. The molecule has 0 saturated heterocycles. The molecule has 1 aliphatic carbocycles. The first-order valence-electron chi connectivity index (χ1n) is 10.0. The van der Waals surface area contributed by atoms with Crippen molar-refractivity contribution >= 4 is 46.0 Å². The van der Waals surface area contributed by atoms with E-state index in [-0.39, 0.29) is 43.9 Å². The zero-order valence-electron chi connectivity index (χ0n) is 17.2. The normalized spacial score (nSPS) is 14.9. The van der Waals surface area contributed by atoms with Crippen LogP contribution in [0.2, 0.25) is 10.0 Å². The maximum absolute atomic E-state index is 15.1. The van der Waals surface area contributed by atoms with Gasteiger partial charge in [0, 0.05) is 22.7 Å². The van der Waals surface area contributed by atoms with E-state index in [1.165, 1.54) is 32.0 Å². The van der Waals surface area contributed by atoms with Crippen LogP contribution in [-0.4, -0.2) is 27.7 Å². The number of nitrogens with zero attached hydrogens (tertiary/aromatic N) is 1. The average molecular weight is 482 g/mol. The van der Waals surface area contributed by atoms with Crippen molar-refractivity contribution in [1.82, 2.24) is 4.57 Å². The third kappa shape index (κ3) is 3.63. The van der Waals surface area contributed by atoms with E-state index in [0.717, 1.165) is 29.9 Å². The lowest BCUT2D eigenvalue weighted by Gasteiger charge is -2.26. The van der Waals surface area contributed by atoms with Gasteiger partial charge in [-0.1, -0.05) is 23.2 Å². The van der Waals surface area contributed by atoms with Crippen LogP contribution in [0.5, 0.6) is 5.75 Å². The Bertz CT molecular complexity index is 1270. The molecule has 4 rings (SSSR count). The Labute approximate surface area is 192 Å². The van der Waals surface area contributed by atoms with Crippen molar-refractivity contribution in [3.63, 3.8) is 0 Å². The van der Waals surface area contributed by atoms with Crippen molar-refractivity contribution in [3.8, 4) is 5.75 Å². The third-order valence-electron chi connectivity index (χ3n) is 5.90. The molecule has 3 aromatic rings. The molecule has 1 aromatic heterocycles. The molecule has 1 aliphatic rings. The first-order chi connectivity index (χ1) is 15.1. The van der Waals surface area contributed by atoms with Gasteiger partial charge in [-0.3, -0.25) is 14.2 Å². The highest BCUT2D eigenvalue weighted by Gasteiger charge is 2.33. The van der Waals surface area contributed by atoms with Crippen LogP contribution in [0.3, 0.4) is 0 Å². The fourth-order valence-electron chi connectivity index (χ4n) is 3.93. The summed E-state index contributed by atoms with van der Waals surface area (Å²) in [4.78, 5) is 26.1. The molecular formula is C23H19Cl2F2NO4. The monoisotopic (exact) mass is 481 g/mol. The molecule has 0 radical (unpaired) electrons. The van der Waals surface area contributed by atoms with E-state index in [1.807, 2.05) is 0 Å². The third-order valence-corrected chi connectivity index (χ3v) is 6.64. The highest BCUT2D eigenvalue weighted by atomic mass is 35.5. The van der Waals surface area contributed by atoms with Gasteiger partial charge in [-0.15, -0.1) is 0 Å². The predicted molar refractivity (Wildman–Crippen MR) is 117 cm³/mol. The smallest absolute Gasteiger partial charge is 0.313 e. The van der Waals surface area contributed by atoms with E-state index < -0.39 is 35.2 Å². The number of phenols is 1. The summed E-state index contributed by atoms with van der Waals surface area (Å²) >= 11 is 12.0. The lowest BCUT2D eigenvalue weighted by Crippen LogP contribution is -2.27. The summed E-state index contributed by atoms with van der Waals surface area (Å²) in [6.07, 6.45) is 2.29. The number of hydrogen-bond acceptors (Lipinski definition) is 4. The number of carbonyl (C=O) groups excluding carboxylic acids is 2. The molecule has 1 N–H and O–H groups in total. The van der Waals surface area contributed by atoms with Gasteiger partial charge in [0.05, 0.1) is 21.5 Å². The van der Waals surface area contributed by atoms with Gasteiger partial charge >= 0.3 is 5.97 Å². The fourth-order valence-corrected chi connectivity index (χ4v) is 4.23. The quantitative estimate of drug-likeness (QED) is 0.455. The van der Waals surface area contributed by atoms with Gasteiger partial charge in [-0.2, -0.15) is 0 Å². The summed E-state index contributed by atoms with van der Waals surface area (Å²) in [6.45, 7) is 3.04. The molecule has 2 aromatic carbocycles. The standard InChI is InChI=1S/C23H19Cl2F2NO4/c1-10(23(31)32-13-4-3-5-13)18-11(2)28(17-9-16(26)21(29)20(27)19(17)18)22(30)12-6-7-14(24)15(25)8-12/h6-10,13,29H,3-5H2,1-2H3. The van der Waals surface area contributed by atoms with Gasteiger partial charge in [0.15, 0.2) is 17.4 Å². The Kier molecular flexibility index (Phi) is 5.90. The van der Waals surface area contributed by atoms with E-state index in [2.05, 4.69) is 0 Å². The molecule has 1 saturated carbocycles. The van der Waals surface area contributed by atoms with E-state index in [9.17, 15) is 19.1 Å². The molecule has 168 valence electrons. The van der Waals surface area contributed by atoms with Crippen LogP contribution in [0.15, 0.2) is 24.3 Å². The van der Waals surface area contributed by atoms with Crippen molar-refractivity contribution in [1.29, 1.82) is 0 Å². The number of benzene rings is 2. The van der Waals surface area contributed by atoms with Crippen LogP contribution in [0, 0.1) is 18.6 Å². The van der Waals surface area contributed by atoms with Crippen LogP contribution in [-0.2, 0) is 9.53 Å². The molecule has 1 unspecified atom stereocenters. The molecule has 0 amide bonds. The molecule has 0 bridgehead atoms. The number of carbonyl (C=O) groups is 2. The molecule has 1 heterocycles. The molecular weight excluding hydrogens is 463 g/mol. The number of esters is 1. The molecule has 5 nitrogen and oxygen atoms in total. The molecule has 0 aliphatic heterocycles. The topological polar surface area (TPSA) is 68.5 Å². The van der Waals surface area contributed by atoms with Crippen molar-refractivity contribution in [2.75, 3.05) is 0 Å². The van der Waals surface area contributed by atoms with E-state index in [1.54, 1.807) is 0 Å². The fraction of sp³-hybridized carbons (Fsp3) is 0.304. The van der Waals surface area contributed by atoms with Crippen molar-refractivity contribution in [2.24, 2.45) is 0 Å². The second-order valence-electron chi connectivity index (χ2n) is 7.90. The first-order valence-corrected chi connectivity index (χ1v) is 10.8. The minimum atomic E-state index is -1.25. The SMILES string of the molecule is Cc1c(C(C)C(=O)OC2CCC2)c2c(F)c(O)c(F)cc2n1C(=O)c1ccc(Cl)c(Cl)c1. The second kappa shape index (κ2) is 8.37. The number of hydrogen-bond donors (Lipinski definition) is 1. The number of rotatable bonds is 4. The summed E-state index contributed by atoms with van der Waals surface area (Å²) in [5.74, 6) is -5.82. The predicted octanol–water partition coefficient (Wildman–Crippen LogP) is 6.13. The number of phenolic OH excluding ortho intramolecular Hbond substituents is 1. The second-order valence-corrected chi connectivity index (χ2v) is 8.71. The Morgan fingerprint density at radius 1 is 1.19 bits per heavy atom. The Hall–Kier alpha value is -2.64. The van der Waals surface area contributed by atoms with E-state index in [4.69, 9.17) is 27.9 Å². The summed E-state index contributed by atoms with van der Waals surface area (Å²) in [5.41, 5.74) is 0.373. The van der Waals surface area contributed by atoms with Crippen molar-refractivity contribution < 1.29 is 28.2 Å². The summed E-state index contributed by atoms with van der Waals surface area (Å²) in [5, 5.41) is 10.0. The lowest BCUT2D eigenvalue weighted by atomic mass is 9.94. The zero-order chi connectivity index (χ0) is 23.3. The van der Waals surface area contributed by atoms with Crippen LogP contribution in [0.4, 0.5) is 8.78 Å². The number of aromatic nitrogens is 1. The van der Waals surface area contributed by atoms with Gasteiger partial charge in [-0.25, -0.2) is 8.78 Å². The zero-order valence-corrected chi connectivity index (χ0v) is 18.7.